The number of hydrogen-bond donors (Lipinski definition) is 2. The molecule has 0 aliphatic rings. The lowest BCUT2D eigenvalue weighted by atomic mass is 9.84. The van der Waals surface area contributed by atoms with E-state index in [1.54, 1.807) is 13.2 Å². The van der Waals surface area contributed by atoms with E-state index in [2.05, 4.69) is 0 Å². The molecular formula is C8H16NO2. The molecule has 3 heteroatoms. The molecule has 1 radical (unpaired) electrons. The van der Waals surface area contributed by atoms with Crippen molar-refractivity contribution in [2.45, 2.75) is 38.8 Å². The van der Waals surface area contributed by atoms with Gasteiger partial charge in [0.15, 0.2) is 0 Å². The molecule has 0 aromatic carbocycles. The van der Waals surface area contributed by atoms with Crippen LogP contribution in [0, 0.1) is 5.92 Å². The van der Waals surface area contributed by atoms with Crippen molar-refractivity contribution in [2.75, 3.05) is 0 Å². The van der Waals surface area contributed by atoms with Gasteiger partial charge < -0.3 is 10.8 Å². The molecule has 0 bridgehead atoms. The molecule has 2 atom stereocenters. The summed E-state index contributed by atoms with van der Waals surface area (Å²) in [7, 11) is 0. The molecule has 3 nitrogen and oxygen atoms in total. The Bertz CT molecular complexity index is 134. The van der Waals surface area contributed by atoms with Gasteiger partial charge in [0.1, 0.15) is 0 Å². The van der Waals surface area contributed by atoms with E-state index in [0.717, 1.165) is 0 Å². The zero-order valence-electron chi connectivity index (χ0n) is 7.29. The maximum Gasteiger partial charge on any atom is 0.220 e. The van der Waals surface area contributed by atoms with E-state index in [0.29, 0.717) is 0 Å². The van der Waals surface area contributed by atoms with Crippen LogP contribution in [0.2, 0.25) is 0 Å². The summed E-state index contributed by atoms with van der Waals surface area (Å²) < 4.78 is 0. The molecule has 1 unspecified atom stereocenters. The summed E-state index contributed by atoms with van der Waals surface area (Å²) in [6.45, 7) is 5.29. The maximum absolute atomic E-state index is 10.4. The summed E-state index contributed by atoms with van der Waals surface area (Å²) in [5, 5.41) is 9.01. The van der Waals surface area contributed by atoms with Crippen LogP contribution in [0.3, 0.4) is 0 Å². The van der Waals surface area contributed by atoms with Gasteiger partial charge in [0.05, 0.1) is 11.6 Å². The van der Waals surface area contributed by atoms with Crippen LogP contribution >= 0.6 is 0 Å². The lowest BCUT2D eigenvalue weighted by Crippen LogP contribution is -2.48. The van der Waals surface area contributed by atoms with Crippen molar-refractivity contribution >= 4 is 6.29 Å². The Morgan fingerprint density at radius 1 is 1.55 bits per heavy atom. The molecule has 0 fully saturated rings. The first-order chi connectivity index (χ1) is 4.92. The first-order valence-electron chi connectivity index (χ1n) is 3.78. The summed E-state index contributed by atoms with van der Waals surface area (Å²) in [4.78, 5) is 10.4. The third-order valence-electron chi connectivity index (χ3n) is 1.85. The van der Waals surface area contributed by atoms with E-state index < -0.39 is 11.6 Å². The van der Waals surface area contributed by atoms with E-state index in [9.17, 15) is 4.79 Å². The SMILES string of the molecule is CC(C)C(N)([C]=O)C[C@@H](C)O. The number of rotatable bonds is 4. The van der Waals surface area contributed by atoms with Gasteiger partial charge in [-0.2, -0.15) is 0 Å². The highest BCUT2D eigenvalue weighted by atomic mass is 16.3. The third-order valence-corrected chi connectivity index (χ3v) is 1.85. The molecule has 65 valence electrons. The molecule has 0 heterocycles. The minimum atomic E-state index is -0.992. The molecule has 0 aliphatic heterocycles. The van der Waals surface area contributed by atoms with Gasteiger partial charge in [0.2, 0.25) is 6.29 Å². The average Bonchev–Trinajstić information content (AvgIpc) is 1.86. The van der Waals surface area contributed by atoms with Gasteiger partial charge in [0, 0.05) is 0 Å². The second-order valence-corrected chi connectivity index (χ2v) is 3.35. The standard InChI is InChI=1S/C8H16NO2/c1-6(2)8(9,5-10)4-7(3)11/h6-7,11H,4,9H2,1-3H3/t7-,8?/m1/s1. The van der Waals surface area contributed by atoms with Crippen molar-refractivity contribution in [2.24, 2.45) is 11.7 Å². The highest BCUT2D eigenvalue weighted by Gasteiger charge is 2.30. The van der Waals surface area contributed by atoms with Crippen molar-refractivity contribution < 1.29 is 9.90 Å². The highest BCUT2D eigenvalue weighted by Crippen LogP contribution is 2.17. The summed E-state index contributed by atoms with van der Waals surface area (Å²) in [6.07, 6.45) is 1.50. The predicted molar refractivity (Wildman–Crippen MR) is 43.7 cm³/mol. The fourth-order valence-corrected chi connectivity index (χ4v) is 0.884. The van der Waals surface area contributed by atoms with Crippen LogP contribution in [0.25, 0.3) is 0 Å². The fourth-order valence-electron chi connectivity index (χ4n) is 0.884. The fraction of sp³-hybridized carbons (Fsp3) is 0.875. The Morgan fingerprint density at radius 2 is 2.00 bits per heavy atom. The largest absolute Gasteiger partial charge is 0.393 e. The van der Waals surface area contributed by atoms with Gasteiger partial charge >= 0.3 is 0 Å². The number of carbonyl (C=O) groups excluding carboxylic acids is 1. The second-order valence-electron chi connectivity index (χ2n) is 3.35. The molecule has 0 aromatic rings. The summed E-state index contributed by atoms with van der Waals surface area (Å²) >= 11 is 0. The third kappa shape index (κ3) is 2.99. The van der Waals surface area contributed by atoms with Crippen LogP contribution in [-0.4, -0.2) is 23.0 Å². The Morgan fingerprint density at radius 3 is 2.09 bits per heavy atom. The molecule has 0 saturated heterocycles. The van der Waals surface area contributed by atoms with E-state index in [1.165, 1.54) is 0 Å². The molecule has 0 aromatic heterocycles. The van der Waals surface area contributed by atoms with Crippen LogP contribution < -0.4 is 5.73 Å². The minimum absolute atomic E-state index is 0.00889. The van der Waals surface area contributed by atoms with Crippen LogP contribution in [0.4, 0.5) is 0 Å². The van der Waals surface area contributed by atoms with Gasteiger partial charge in [0.25, 0.3) is 0 Å². The molecule has 0 rings (SSSR count). The second kappa shape index (κ2) is 3.83. The van der Waals surface area contributed by atoms with Crippen LogP contribution in [-0.2, 0) is 4.79 Å². The van der Waals surface area contributed by atoms with E-state index in [1.807, 2.05) is 13.8 Å². The van der Waals surface area contributed by atoms with Crippen LogP contribution in [0.5, 0.6) is 0 Å². The number of hydrogen-bond acceptors (Lipinski definition) is 3. The monoisotopic (exact) mass is 158 g/mol. The van der Waals surface area contributed by atoms with E-state index in [4.69, 9.17) is 10.8 Å². The van der Waals surface area contributed by atoms with Gasteiger partial charge in [-0.1, -0.05) is 13.8 Å². The van der Waals surface area contributed by atoms with E-state index in [-0.39, 0.29) is 12.3 Å². The average molecular weight is 158 g/mol. The van der Waals surface area contributed by atoms with Crippen LogP contribution in [0.1, 0.15) is 27.2 Å². The Labute approximate surface area is 67.6 Å². The molecule has 3 N–H and O–H groups in total. The number of aliphatic hydroxyl groups excluding tert-OH is 1. The molecule has 0 aliphatic carbocycles. The lowest BCUT2D eigenvalue weighted by Gasteiger charge is -2.27. The molecule has 11 heavy (non-hydrogen) atoms. The number of nitrogens with two attached hydrogens (primary N) is 1. The quantitative estimate of drug-likeness (QED) is 0.615. The lowest BCUT2D eigenvalue weighted by molar-refractivity contribution is 0.151. The summed E-state index contributed by atoms with van der Waals surface area (Å²) in [5.41, 5.74) is 4.67. The smallest absolute Gasteiger partial charge is 0.220 e. The van der Waals surface area contributed by atoms with Gasteiger partial charge in [-0.05, 0) is 19.3 Å². The number of aliphatic hydroxyl groups is 1. The predicted octanol–water partition coefficient (Wildman–Crippen LogP) is 0.221. The maximum atomic E-state index is 10.4. The first-order valence-corrected chi connectivity index (χ1v) is 3.78. The normalized spacial score (nSPS) is 19.5. The summed E-state index contributed by atoms with van der Waals surface area (Å²) in [5.74, 6) is 0.00889. The minimum Gasteiger partial charge on any atom is -0.393 e. The summed E-state index contributed by atoms with van der Waals surface area (Å²) in [6, 6.07) is 0. The van der Waals surface area contributed by atoms with Gasteiger partial charge in [-0.3, -0.25) is 4.79 Å². The van der Waals surface area contributed by atoms with Gasteiger partial charge in [-0.25, -0.2) is 0 Å². The van der Waals surface area contributed by atoms with E-state index >= 15 is 0 Å². The highest BCUT2D eigenvalue weighted by molar-refractivity contribution is 5.65. The topological polar surface area (TPSA) is 63.3 Å². The van der Waals surface area contributed by atoms with Crippen molar-refractivity contribution in [1.82, 2.24) is 0 Å². The van der Waals surface area contributed by atoms with Crippen molar-refractivity contribution in [3.05, 3.63) is 0 Å². The van der Waals surface area contributed by atoms with Gasteiger partial charge in [-0.15, -0.1) is 0 Å². The Hall–Kier alpha value is -0.410. The van der Waals surface area contributed by atoms with Crippen molar-refractivity contribution in [3.8, 4) is 0 Å². The zero-order chi connectivity index (χ0) is 9.07. The molecule has 0 spiro atoms. The first kappa shape index (κ1) is 10.6. The Balaban J connectivity index is 4.22. The van der Waals surface area contributed by atoms with Crippen molar-refractivity contribution in [3.63, 3.8) is 0 Å². The van der Waals surface area contributed by atoms with Crippen molar-refractivity contribution in [1.29, 1.82) is 0 Å². The molecular weight excluding hydrogens is 142 g/mol. The molecule has 0 saturated carbocycles. The van der Waals surface area contributed by atoms with Crippen LogP contribution in [0.15, 0.2) is 0 Å². The zero-order valence-corrected chi connectivity index (χ0v) is 7.29. The molecule has 0 amide bonds. The Kier molecular flexibility index (Phi) is 3.69.